The third kappa shape index (κ3) is 13.5. The zero-order chi connectivity index (χ0) is 43.8. The van der Waals surface area contributed by atoms with E-state index in [1.807, 2.05) is 68.6 Å². The summed E-state index contributed by atoms with van der Waals surface area (Å²) in [6, 6.07) is 15.4. The number of rotatable bonds is 22. The second kappa shape index (κ2) is 23.0. The Morgan fingerprint density at radius 2 is 1.50 bits per heavy atom. The Morgan fingerprint density at radius 1 is 0.850 bits per heavy atom. The number of nitrogens with two attached hydrogens (primary N) is 2. The number of likely N-dealkylation sites (tertiary alicyclic amines) is 1. The summed E-state index contributed by atoms with van der Waals surface area (Å²) in [6.07, 6.45) is 2.36. The number of hydrogen-bond acceptors (Lipinski definition) is 9. The molecule has 0 spiro atoms. The van der Waals surface area contributed by atoms with Gasteiger partial charge in [-0.25, -0.2) is 0 Å². The number of benzene rings is 3. The molecule has 320 valence electrons. The average Bonchev–Trinajstić information content (AvgIpc) is 3.58. The molecule has 7 amide bonds. The second-order valence-electron chi connectivity index (χ2n) is 15.2. The number of amides is 7. The van der Waals surface area contributed by atoms with Gasteiger partial charge >= 0.3 is 0 Å². The van der Waals surface area contributed by atoms with Gasteiger partial charge in [0.1, 0.15) is 24.2 Å². The normalized spacial score (nSPS) is 16.2. The first-order chi connectivity index (χ1) is 28.7. The minimum absolute atomic E-state index is 0.0309. The van der Waals surface area contributed by atoms with Crippen LogP contribution in [0.2, 0.25) is 0 Å². The molecule has 3 aromatic rings. The smallest absolute Gasteiger partial charge is 0.245 e. The molecule has 0 bridgehead atoms. The molecular formula is C42H54N10O7S. The van der Waals surface area contributed by atoms with Gasteiger partial charge in [0, 0.05) is 30.7 Å². The maximum atomic E-state index is 14.3. The lowest BCUT2D eigenvalue weighted by Crippen LogP contribution is -2.58. The Labute approximate surface area is 353 Å². The number of hydrogen-bond donors (Lipinski definition) is 6. The minimum Gasteiger partial charge on any atom is -0.370 e. The molecule has 8 N–H and O–H groups in total. The lowest BCUT2D eigenvalue weighted by atomic mass is 9.97. The molecule has 1 aliphatic rings. The van der Waals surface area contributed by atoms with Crippen LogP contribution in [0.15, 0.2) is 77.9 Å². The van der Waals surface area contributed by atoms with E-state index >= 15 is 0 Å². The fourth-order valence-corrected chi connectivity index (χ4v) is 7.52. The molecule has 4 rings (SSSR count). The summed E-state index contributed by atoms with van der Waals surface area (Å²) in [5.41, 5.74) is 21.7. The van der Waals surface area contributed by atoms with Crippen molar-refractivity contribution >= 4 is 63.9 Å². The molecule has 6 atom stereocenters. The Balaban J connectivity index is 1.58. The van der Waals surface area contributed by atoms with Crippen LogP contribution in [0.5, 0.6) is 0 Å². The van der Waals surface area contributed by atoms with Gasteiger partial charge in [-0.15, -0.1) is 0 Å². The van der Waals surface area contributed by atoms with Crippen LogP contribution in [-0.4, -0.2) is 101 Å². The van der Waals surface area contributed by atoms with Gasteiger partial charge in [0.2, 0.25) is 41.4 Å². The largest absolute Gasteiger partial charge is 0.370 e. The van der Waals surface area contributed by atoms with Crippen LogP contribution in [-0.2, 0) is 46.4 Å². The molecule has 0 aromatic heterocycles. The van der Waals surface area contributed by atoms with Crippen molar-refractivity contribution in [3.05, 3.63) is 94.4 Å². The first kappa shape index (κ1) is 46.7. The molecule has 1 aliphatic heterocycles. The van der Waals surface area contributed by atoms with E-state index < -0.39 is 77.6 Å². The fourth-order valence-electron chi connectivity index (χ4n) is 7.05. The molecule has 1 heterocycles. The molecule has 1 fully saturated rings. The summed E-state index contributed by atoms with van der Waals surface area (Å²) in [7, 11) is 0. The summed E-state index contributed by atoms with van der Waals surface area (Å²) >= 11 is 1.45. The van der Waals surface area contributed by atoms with Crippen LogP contribution in [0.4, 0.5) is 0 Å². The van der Waals surface area contributed by atoms with Crippen LogP contribution in [0.3, 0.4) is 0 Å². The molecular weight excluding hydrogens is 789 g/mol. The van der Waals surface area contributed by atoms with Crippen molar-refractivity contribution in [1.82, 2.24) is 26.2 Å². The molecule has 60 heavy (non-hydrogen) atoms. The fraction of sp³-hybridized carbons (Fsp3) is 0.452. The second-order valence-corrected chi connectivity index (χ2v) is 16.1. The van der Waals surface area contributed by atoms with E-state index in [9.17, 15) is 33.6 Å². The average molecular weight is 843 g/mol. The number of carbonyl (C=O) groups excluding carboxylic acids is 7. The Kier molecular flexibility index (Phi) is 17.9. The third-order valence-electron chi connectivity index (χ3n) is 10.2. The van der Waals surface area contributed by atoms with Crippen molar-refractivity contribution in [1.29, 1.82) is 0 Å². The van der Waals surface area contributed by atoms with Gasteiger partial charge in [-0.2, -0.15) is 11.8 Å². The van der Waals surface area contributed by atoms with E-state index in [0.717, 1.165) is 16.3 Å². The van der Waals surface area contributed by atoms with Gasteiger partial charge < -0.3 is 37.6 Å². The number of nitrogens with one attached hydrogen (secondary N) is 4. The minimum atomic E-state index is -1.21. The highest BCUT2D eigenvalue weighted by Crippen LogP contribution is 2.22. The van der Waals surface area contributed by atoms with Crippen LogP contribution < -0.4 is 32.7 Å². The zero-order valence-electron chi connectivity index (χ0n) is 34.0. The molecule has 0 aliphatic carbocycles. The van der Waals surface area contributed by atoms with E-state index in [-0.39, 0.29) is 57.4 Å². The number of primary amides is 1. The number of carbonyl (C=O) groups is 7. The lowest BCUT2D eigenvalue weighted by molar-refractivity contribution is -0.141. The van der Waals surface area contributed by atoms with Gasteiger partial charge in [0.25, 0.3) is 0 Å². The topological polar surface area (TPSA) is 272 Å². The molecule has 18 heteroatoms. The van der Waals surface area contributed by atoms with Crippen molar-refractivity contribution in [3.63, 3.8) is 0 Å². The van der Waals surface area contributed by atoms with Crippen molar-refractivity contribution in [2.75, 3.05) is 18.6 Å². The van der Waals surface area contributed by atoms with Crippen LogP contribution >= 0.6 is 11.8 Å². The van der Waals surface area contributed by atoms with Gasteiger partial charge in [-0.1, -0.05) is 86.6 Å². The van der Waals surface area contributed by atoms with Crippen molar-refractivity contribution in [2.24, 2.45) is 22.5 Å². The van der Waals surface area contributed by atoms with Crippen LogP contribution in [0.25, 0.3) is 21.2 Å². The maximum Gasteiger partial charge on any atom is 0.245 e. The van der Waals surface area contributed by atoms with Crippen LogP contribution in [0, 0.1) is 5.92 Å². The Morgan fingerprint density at radius 3 is 2.18 bits per heavy atom. The lowest BCUT2D eigenvalue weighted by Gasteiger charge is -2.30. The van der Waals surface area contributed by atoms with Crippen LogP contribution in [0.1, 0.15) is 57.1 Å². The van der Waals surface area contributed by atoms with E-state index in [1.165, 1.54) is 16.7 Å². The summed E-state index contributed by atoms with van der Waals surface area (Å²) in [4.78, 5) is 97.4. The number of thioether (sulfide) groups is 1. The molecule has 0 radical (unpaired) electrons. The summed E-state index contributed by atoms with van der Waals surface area (Å²) in [5, 5.41) is 16.0. The SMILES string of the molecule is CSCC[C@H](NC(=O)[C@H](CC(C)C)N1CC[C@@H](NC(=O)[C@H](Cc2ccccc2)NC(=O)[C@H](Cc2cccc3ccccc23)NC(=O)[C@@H](N)CCC(N)=O)C1=O)C(=O)N=[N+]=[N-]. The summed E-state index contributed by atoms with van der Waals surface area (Å²) in [5.74, 6) is -4.13. The maximum absolute atomic E-state index is 14.3. The molecule has 17 nitrogen and oxygen atoms in total. The monoisotopic (exact) mass is 842 g/mol. The predicted octanol–water partition coefficient (Wildman–Crippen LogP) is 2.39. The van der Waals surface area contributed by atoms with E-state index in [2.05, 4.69) is 31.3 Å². The zero-order valence-corrected chi connectivity index (χ0v) is 34.9. The summed E-state index contributed by atoms with van der Waals surface area (Å²) < 4.78 is 0. The van der Waals surface area contributed by atoms with Gasteiger partial charge in [0.05, 0.1) is 12.1 Å². The van der Waals surface area contributed by atoms with Crippen molar-refractivity contribution in [2.45, 2.75) is 95.0 Å². The van der Waals surface area contributed by atoms with Gasteiger partial charge in [-0.3, -0.25) is 33.6 Å². The van der Waals surface area contributed by atoms with Gasteiger partial charge in [0.15, 0.2) is 0 Å². The number of fused-ring (bicyclic) bond motifs is 1. The highest BCUT2D eigenvalue weighted by Gasteiger charge is 2.41. The van der Waals surface area contributed by atoms with Crippen molar-refractivity contribution in [3.8, 4) is 0 Å². The molecule has 3 aromatic carbocycles. The Bertz CT molecular complexity index is 2060. The van der Waals surface area contributed by atoms with Gasteiger partial charge in [-0.05, 0) is 76.2 Å². The standard InChI is InChI=1S/C42H54N10O7S/c1-25(2)22-35(41(58)46-31(19-21-60-3)40(57)50-51-45)52-20-18-32(42(52)59)47-38(55)33(23-26-10-5-4-6-11-26)49-39(56)34(48-37(54)30(43)16-17-36(44)53)24-28-14-9-13-27-12-7-8-15-29(27)28/h4-15,25,30-35H,16-24,43H2,1-3H3,(H2,44,53)(H,46,58)(H,47,55)(H,48,54)(H,49,56)/t30-,31-,32+,33-,34-,35-/m0/s1. The first-order valence-corrected chi connectivity index (χ1v) is 21.3. The first-order valence-electron chi connectivity index (χ1n) is 19.9. The third-order valence-corrected chi connectivity index (χ3v) is 10.8. The number of nitrogens with zero attached hydrogens (tertiary/aromatic N) is 4. The Hall–Kier alpha value is -5.97. The molecule has 0 unspecified atom stereocenters. The number of azide groups is 1. The molecule has 1 saturated heterocycles. The highest BCUT2D eigenvalue weighted by atomic mass is 32.2. The van der Waals surface area contributed by atoms with Crippen molar-refractivity contribution < 1.29 is 33.6 Å². The highest BCUT2D eigenvalue weighted by molar-refractivity contribution is 7.98. The summed E-state index contributed by atoms with van der Waals surface area (Å²) in [6.45, 7) is 3.90. The molecule has 0 saturated carbocycles. The van der Waals surface area contributed by atoms with E-state index in [0.29, 0.717) is 11.3 Å². The van der Waals surface area contributed by atoms with E-state index in [1.54, 1.807) is 24.3 Å². The van der Waals surface area contributed by atoms with E-state index in [4.69, 9.17) is 17.0 Å². The quantitative estimate of drug-likeness (QED) is 0.0492. The predicted molar refractivity (Wildman–Crippen MR) is 229 cm³/mol.